The zero-order valence-corrected chi connectivity index (χ0v) is 14.9. The predicted octanol–water partition coefficient (Wildman–Crippen LogP) is 4.47. The molecule has 1 unspecified atom stereocenters. The zero-order valence-electron chi connectivity index (χ0n) is 14.9. The molecule has 0 aromatic carbocycles. The summed E-state index contributed by atoms with van der Waals surface area (Å²) in [6.07, 6.45) is 7.26. The lowest BCUT2D eigenvalue weighted by Crippen LogP contribution is -2.55. The van der Waals surface area contributed by atoms with Crippen molar-refractivity contribution < 1.29 is 10.2 Å². The first-order valence-corrected chi connectivity index (χ1v) is 8.75. The van der Waals surface area contributed by atoms with Crippen LogP contribution in [0.1, 0.15) is 66.2 Å². The Morgan fingerprint density at radius 2 is 1.95 bits per heavy atom. The van der Waals surface area contributed by atoms with E-state index in [0.29, 0.717) is 24.7 Å². The van der Waals surface area contributed by atoms with E-state index in [2.05, 4.69) is 33.9 Å². The minimum atomic E-state index is -0.813. The molecule has 126 valence electrons. The maximum Gasteiger partial charge on any atom is 0.0797 e. The van der Waals surface area contributed by atoms with Gasteiger partial charge in [-0.2, -0.15) is 0 Å². The summed E-state index contributed by atoms with van der Waals surface area (Å²) < 4.78 is 0. The van der Waals surface area contributed by atoms with E-state index in [1.807, 2.05) is 6.92 Å². The molecule has 0 aromatic heterocycles. The molecule has 2 fully saturated rings. The van der Waals surface area contributed by atoms with Gasteiger partial charge in [0.25, 0.3) is 0 Å². The van der Waals surface area contributed by atoms with Crippen LogP contribution in [0.2, 0.25) is 0 Å². The van der Waals surface area contributed by atoms with E-state index in [-0.39, 0.29) is 16.9 Å². The molecule has 2 N–H and O–H groups in total. The molecule has 0 radical (unpaired) electrons. The third-order valence-electron chi connectivity index (χ3n) is 6.61. The average molecular weight is 306 g/mol. The van der Waals surface area contributed by atoms with Gasteiger partial charge in [0.05, 0.1) is 11.7 Å². The van der Waals surface area contributed by atoms with Crippen molar-refractivity contribution in [2.45, 2.75) is 77.9 Å². The number of aliphatic hydroxyl groups is 2. The van der Waals surface area contributed by atoms with E-state index in [4.69, 9.17) is 0 Å². The Morgan fingerprint density at radius 3 is 2.55 bits per heavy atom. The fraction of sp³-hybridized carbons (Fsp3) is 0.800. The van der Waals surface area contributed by atoms with E-state index in [9.17, 15) is 10.2 Å². The summed E-state index contributed by atoms with van der Waals surface area (Å²) in [6.45, 7) is 16.8. The highest BCUT2D eigenvalue weighted by molar-refractivity contribution is 5.18. The molecule has 2 rings (SSSR count). The van der Waals surface area contributed by atoms with Gasteiger partial charge in [-0.1, -0.05) is 45.4 Å². The Hall–Kier alpha value is -0.600. The van der Waals surface area contributed by atoms with Crippen molar-refractivity contribution in [3.63, 3.8) is 0 Å². The fourth-order valence-corrected chi connectivity index (χ4v) is 5.55. The molecule has 22 heavy (non-hydrogen) atoms. The van der Waals surface area contributed by atoms with E-state index in [1.165, 1.54) is 18.4 Å². The van der Waals surface area contributed by atoms with E-state index in [0.717, 1.165) is 12.8 Å². The summed E-state index contributed by atoms with van der Waals surface area (Å²) in [7, 11) is 0. The lowest BCUT2D eigenvalue weighted by Gasteiger charge is -2.59. The van der Waals surface area contributed by atoms with Crippen molar-refractivity contribution in [2.24, 2.45) is 22.7 Å². The molecule has 0 aliphatic heterocycles. The van der Waals surface area contributed by atoms with Crippen molar-refractivity contribution in [2.75, 3.05) is 0 Å². The van der Waals surface area contributed by atoms with Gasteiger partial charge >= 0.3 is 0 Å². The van der Waals surface area contributed by atoms with E-state index < -0.39 is 5.60 Å². The second kappa shape index (κ2) is 5.79. The number of rotatable bonds is 4. The van der Waals surface area contributed by atoms with Crippen molar-refractivity contribution in [1.82, 2.24) is 0 Å². The van der Waals surface area contributed by atoms with Crippen molar-refractivity contribution in [3.05, 3.63) is 24.8 Å². The first kappa shape index (κ1) is 17.7. The summed E-state index contributed by atoms with van der Waals surface area (Å²) in [4.78, 5) is 0. The smallest absolute Gasteiger partial charge is 0.0797 e. The number of fused-ring (bicyclic) bond motifs is 1. The van der Waals surface area contributed by atoms with Crippen LogP contribution in [-0.2, 0) is 0 Å². The zero-order chi connectivity index (χ0) is 16.8. The SMILES string of the molecule is C=C[C@@](C)(O)CC[C@H]1C(=C)C[C@H](O)C2C(C)(C)CCC[C@@]21C. The first-order chi connectivity index (χ1) is 10.0. The molecule has 0 bridgehead atoms. The van der Waals surface area contributed by atoms with Crippen LogP contribution in [0, 0.1) is 22.7 Å². The Kier molecular flexibility index (Phi) is 4.68. The molecule has 0 heterocycles. The van der Waals surface area contributed by atoms with Gasteiger partial charge in [-0.05, 0) is 61.7 Å². The summed E-state index contributed by atoms with van der Waals surface area (Å²) in [5, 5.41) is 21.0. The Labute approximate surface area is 136 Å². The highest BCUT2D eigenvalue weighted by Gasteiger charge is 2.56. The average Bonchev–Trinajstić information content (AvgIpc) is 2.36. The molecular weight excluding hydrogens is 272 g/mol. The van der Waals surface area contributed by atoms with E-state index in [1.54, 1.807) is 6.08 Å². The maximum absolute atomic E-state index is 10.7. The third kappa shape index (κ3) is 3.05. The third-order valence-corrected chi connectivity index (χ3v) is 6.61. The summed E-state index contributed by atoms with van der Waals surface area (Å²) in [5.41, 5.74) is 0.621. The van der Waals surface area contributed by atoms with Gasteiger partial charge in [0.2, 0.25) is 0 Å². The van der Waals surface area contributed by atoms with Gasteiger partial charge in [-0.15, -0.1) is 6.58 Å². The van der Waals surface area contributed by atoms with Gasteiger partial charge in [0.15, 0.2) is 0 Å². The van der Waals surface area contributed by atoms with Crippen molar-refractivity contribution in [1.29, 1.82) is 0 Å². The van der Waals surface area contributed by atoms with Crippen LogP contribution < -0.4 is 0 Å². The van der Waals surface area contributed by atoms with Gasteiger partial charge in [-0.25, -0.2) is 0 Å². The van der Waals surface area contributed by atoms with Gasteiger partial charge in [-0.3, -0.25) is 0 Å². The standard InChI is InChI=1S/C20H34O2/c1-7-19(5,22)12-9-15-14(2)13-16(21)17-18(3,4)10-8-11-20(15,17)6/h7,15-17,21-22H,1-2,8-13H2,3-6H3/t15-,16-,17?,19+,20+/m0/s1. The minimum absolute atomic E-state index is 0.0910. The van der Waals surface area contributed by atoms with Gasteiger partial charge < -0.3 is 10.2 Å². The molecular formula is C20H34O2. The first-order valence-electron chi connectivity index (χ1n) is 8.75. The van der Waals surface area contributed by atoms with Crippen LogP contribution in [0.4, 0.5) is 0 Å². The molecule has 2 heteroatoms. The van der Waals surface area contributed by atoms with Crippen molar-refractivity contribution in [3.8, 4) is 0 Å². The summed E-state index contributed by atoms with van der Waals surface area (Å²) in [6, 6.07) is 0. The fourth-order valence-electron chi connectivity index (χ4n) is 5.55. The van der Waals surface area contributed by atoms with Crippen LogP contribution in [0.3, 0.4) is 0 Å². The Bertz CT molecular complexity index is 449. The number of aliphatic hydroxyl groups excluding tert-OH is 1. The van der Waals surface area contributed by atoms with Crippen LogP contribution in [-0.4, -0.2) is 21.9 Å². The molecule has 2 nitrogen and oxygen atoms in total. The largest absolute Gasteiger partial charge is 0.392 e. The van der Waals surface area contributed by atoms with Crippen molar-refractivity contribution >= 4 is 0 Å². The lowest BCUT2D eigenvalue weighted by atomic mass is 9.46. The van der Waals surface area contributed by atoms with Crippen LogP contribution in [0.25, 0.3) is 0 Å². The highest BCUT2D eigenvalue weighted by Crippen LogP contribution is 2.61. The maximum atomic E-state index is 10.7. The predicted molar refractivity (Wildman–Crippen MR) is 92.5 cm³/mol. The van der Waals surface area contributed by atoms with Gasteiger partial charge in [0, 0.05) is 0 Å². The van der Waals surface area contributed by atoms with E-state index >= 15 is 0 Å². The summed E-state index contributed by atoms with van der Waals surface area (Å²) >= 11 is 0. The summed E-state index contributed by atoms with van der Waals surface area (Å²) in [5.74, 6) is 0.699. The van der Waals surface area contributed by atoms with Crippen LogP contribution in [0.15, 0.2) is 24.8 Å². The number of hydrogen-bond acceptors (Lipinski definition) is 2. The normalized spacial score (nSPS) is 40.6. The topological polar surface area (TPSA) is 40.5 Å². The van der Waals surface area contributed by atoms with Gasteiger partial charge in [0.1, 0.15) is 0 Å². The molecule has 2 saturated carbocycles. The minimum Gasteiger partial charge on any atom is -0.392 e. The Balaban J connectivity index is 2.28. The Morgan fingerprint density at radius 1 is 1.32 bits per heavy atom. The monoisotopic (exact) mass is 306 g/mol. The molecule has 0 spiro atoms. The quantitative estimate of drug-likeness (QED) is 0.752. The molecule has 5 atom stereocenters. The second-order valence-electron chi connectivity index (χ2n) is 8.91. The molecule has 0 aromatic rings. The molecule has 2 aliphatic rings. The molecule has 0 saturated heterocycles. The molecule has 2 aliphatic carbocycles. The second-order valence-corrected chi connectivity index (χ2v) is 8.91. The number of hydrogen-bond donors (Lipinski definition) is 2. The lowest BCUT2D eigenvalue weighted by molar-refractivity contribution is -0.123. The highest BCUT2D eigenvalue weighted by atomic mass is 16.3. The molecule has 0 amide bonds. The van der Waals surface area contributed by atoms with Crippen LogP contribution >= 0.6 is 0 Å². The van der Waals surface area contributed by atoms with Crippen LogP contribution in [0.5, 0.6) is 0 Å².